The number of halogens is 2. The van der Waals surface area contributed by atoms with Crippen molar-refractivity contribution in [1.82, 2.24) is 19.8 Å². The lowest BCUT2D eigenvalue weighted by Gasteiger charge is -2.41. The molecule has 0 saturated carbocycles. The minimum absolute atomic E-state index is 0.0346. The van der Waals surface area contributed by atoms with E-state index in [1.54, 1.807) is 13.0 Å². The van der Waals surface area contributed by atoms with Gasteiger partial charge in [0.2, 0.25) is 0 Å². The van der Waals surface area contributed by atoms with Gasteiger partial charge in [0, 0.05) is 34.4 Å². The molecule has 2 aromatic heterocycles. The van der Waals surface area contributed by atoms with Crippen LogP contribution in [-0.2, 0) is 6.54 Å². The number of methoxy groups -OCH3 is 1. The predicted molar refractivity (Wildman–Crippen MR) is 145 cm³/mol. The highest BCUT2D eigenvalue weighted by atomic mass is 19.3. The largest absolute Gasteiger partial charge is 0.496 e. The number of benzene rings is 1. The van der Waals surface area contributed by atoms with Gasteiger partial charge in [0.05, 0.1) is 31.3 Å². The fourth-order valence-corrected chi connectivity index (χ4v) is 6.12. The zero-order chi connectivity index (χ0) is 27.6. The number of ether oxygens (including phenoxy) is 1. The van der Waals surface area contributed by atoms with E-state index in [2.05, 4.69) is 28.7 Å². The number of hydrogen-bond donors (Lipinski definition) is 2. The summed E-state index contributed by atoms with van der Waals surface area (Å²) in [6.45, 7) is 8.46. The van der Waals surface area contributed by atoms with Crippen LogP contribution < -0.4 is 15.6 Å². The molecule has 3 aromatic rings. The van der Waals surface area contributed by atoms with Crippen LogP contribution in [0, 0.1) is 19.8 Å². The van der Waals surface area contributed by atoms with Gasteiger partial charge in [0.1, 0.15) is 5.75 Å². The summed E-state index contributed by atoms with van der Waals surface area (Å²) in [7, 11) is 1.50. The predicted octanol–water partition coefficient (Wildman–Crippen LogP) is 5.20. The van der Waals surface area contributed by atoms with Gasteiger partial charge in [0.15, 0.2) is 0 Å². The summed E-state index contributed by atoms with van der Waals surface area (Å²) in [6.07, 6.45) is 0.170. The molecular weight excluding hydrogens is 490 g/mol. The zero-order valence-electron chi connectivity index (χ0n) is 22.8. The van der Waals surface area contributed by atoms with E-state index < -0.39 is 6.43 Å². The fraction of sp³-hybridized carbons (Fsp3) is 0.517. The number of alkyl halides is 2. The molecular formula is C29H38F2N4O3. The number of rotatable bonds is 9. The van der Waals surface area contributed by atoms with Crippen LogP contribution in [0.3, 0.4) is 0 Å². The molecule has 1 fully saturated rings. The van der Waals surface area contributed by atoms with E-state index in [-0.39, 0.29) is 36.6 Å². The fourth-order valence-electron chi connectivity index (χ4n) is 6.12. The number of likely N-dealkylation sites (tertiary alicyclic amines) is 1. The summed E-state index contributed by atoms with van der Waals surface area (Å²) in [6, 6.07) is 9.78. The number of aromatic nitrogens is 2. The number of piperidine rings is 1. The molecule has 4 rings (SSSR count). The van der Waals surface area contributed by atoms with Gasteiger partial charge in [-0.2, -0.15) is 0 Å². The number of amides is 1. The lowest BCUT2D eigenvalue weighted by Crippen LogP contribution is -2.45. The van der Waals surface area contributed by atoms with E-state index in [0.717, 1.165) is 35.9 Å². The van der Waals surface area contributed by atoms with Crippen molar-refractivity contribution >= 4 is 16.8 Å². The number of H-pyrrole nitrogens is 1. The molecule has 9 heteroatoms. The third-order valence-corrected chi connectivity index (χ3v) is 8.07. The first-order valence-corrected chi connectivity index (χ1v) is 13.3. The van der Waals surface area contributed by atoms with Crippen LogP contribution in [0.15, 0.2) is 35.1 Å². The summed E-state index contributed by atoms with van der Waals surface area (Å²) in [5, 5.41) is 3.77. The van der Waals surface area contributed by atoms with Crippen LogP contribution in [0.1, 0.15) is 66.5 Å². The maximum atomic E-state index is 13.5. The number of aromatic amines is 1. The molecule has 1 aromatic carbocycles. The van der Waals surface area contributed by atoms with Crippen molar-refractivity contribution in [1.29, 1.82) is 0 Å². The van der Waals surface area contributed by atoms with Crippen LogP contribution in [-0.4, -0.2) is 53.0 Å². The number of carbonyl (C=O) groups is 1. The maximum absolute atomic E-state index is 13.5. The lowest BCUT2D eigenvalue weighted by atomic mass is 9.84. The van der Waals surface area contributed by atoms with Gasteiger partial charge < -0.3 is 19.6 Å². The van der Waals surface area contributed by atoms with Crippen LogP contribution in [0.2, 0.25) is 0 Å². The van der Waals surface area contributed by atoms with Crippen LogP contribution in [0.4, 0.5) is 8.78 Å². The van der Waals surface area contributed by atoms with Gasteiger partial charge in [0.25, 0.3) is 17.9 Å². The van der Waals surface area contributed by atoms with Crippen molar-refractivity contribution in [2.45, 2.75) is 72.0 Å². The second-order valence-electron chi connectivity index (χ2n) is 10.3. The van der Waals surface area contributed by atoms with Crippen molar-refractivity contribution in [2.75, 3.05) is 20.2 Å². The molecule has 0 aliphatic carbocycles. The van der Waals surface area contributed by atoms with E-state index in [1.165, 1.54) is 7.11 Å². The van der Waals surface area contributed by atoms with E-state index in [0.29, 0.717) is 35.0 Å². The quantitative estimate of drug-likeness (QED) is 0.400. The molecule has 3 unspecified atom stereocenters. The Kier molecular flexibility index (Phi) is 8.55. The average Bonchev–Trinajstić information content (AvgIpc) is 3.18. The number of aryl methyl sites for hydroxylation is 1. The maximum Gasteiger partial charge on any atom is 0.256 e. The summed E-state index contributed by atoms with van der Waals surface area (Å²) in [4.78, 5) is 30.7. The first-order chi connectivity index (χ1) is 18.2. The van der Waals surface area contributed by atoms with Crippen LogP contribution in [0.5, 0.6) is 5.75 Å². The van der Waals surface area contributed by atoms with Gasteiger partial charge in [-0.15, -0.1) is 0 Å². The van der Waals surface area contributed by atoms with E-state index in [4.69, 9.17) is 4.74 Å². The summed E-state index contributed by atoms with van der Waals surface area (Å²) < 4.78 is 33.8. The molecule has 0 radical (unpaired) electrons. The molecule has 1 aliphatic rings. The third kappa shape index (κ3) is 5.48. The monoisotopic (exact) mass is 528 g/mol. The Morgan fingerprint density at radius 1 is 1.26 bits per heavy atom. The Balaban J connectivity index is 1.61. The third-order valence-electron chi connectivity index (χ3n) is 8.07. The van der Waals surface area contributed by atoms with Crippen LogP contribution in [0.25, 0.3) is 10.9 Å². The molecule has 0 bridgehead atoms. The average molecular weight is 529 g/mol. The van der Waals surface area contributed by atoms with Gasteiger partial charge in [-0.1, -0.05) is 25.1 Å². The van der Waals surface area contributed by atoms with Crippen LogP contribution >= 0.6 is 0 Å². The Morgan fingerprint density at radius 3 is 2.68 bits per heavy atom. The standard InChI is InChI=1S/C29H38F2N4O3/c1-6-21-14-20(11-12-34(21)16-26(30)31)18(3)35-19(4)27(22-9-7-8-10-24(22)35)29(37)32-15-23-25(38-5)13-17(2)33-28(23)36/h7-10,13,18,20-21,26H,6,11-12,14-16H2,1-5H3,(H,32,37)(H,33,36). The topological polar surface area (TPSA) is 79.4 Å². The highest BCUT2D eigenvalue weighted by Gasteiger charge is 2.34. The number of hydrogen-bond acceptors (Lipinski definition) is 4. The van der Waals surface area contributed by atoms with Crippen molar-refractivity contribution < 1.29 is 18.3 Å². The molecule has 1 saturated heterocycles. The number of carbonyl (C=O) groups excluding carboxylic acids is 1. The van der Waals surface area contributed by atoms with Gasteiger partial charge in [-0.05, 0) is 64.6 Å². The number of nitrogens with one attached hydrogen (secondary N) is 2. The molecule has 38 heavy (non-hydrogen) atoms. The number of fused-ring (bicyclic) bond motifs is 1. The Bertz CT molecular complexity index is 1350. The molecule has 206 valence electrons. The second-order valence-corrected chi connectivity index (χ2v) is 10.3. The van der Waals surface area contributed by atoms with Gasteiger partial charge >= 0.3 is 0 Å². The van der Waals surface area contributed by atoms with Crippen molar-refractivity contribution in [3.63, 3.8) is 0 Å². The zero-order valence-corrected chi connectivity index (χ0v) is 22.8. The molecule has 3 heterocycles. The van der Waals surface area contributed by atoms with Gasteiger partial charge in [-0.25, -0.2) is 8.78 Å². The number of para-hydroxylation sites is 1. The lowest BCUT2D eigenvalue weighted by molar-refractivity contribution is 0.0269. The van der Waals surface area contributed by atoms with E-state index in [1.807, 2.05) is 36.1 Å². The van der Waals surface area contributed by atoms with Gasteiger partial charge in [-0.3, -0.25) is 14.5 Å². The van der Waals surface area contributed by atoms with E-state index >= 15 is 0 Å². The minimum atomic E-state index is -2.33. The molecule has 7 nitrogen and oxygen atoms in total. The van der Waals surface area contributed by atoms with Crippen molar-refractivity contribution in [2.24, 2.45) is 5.92 Å². The molecule has 1 aliphatic heterocycles. The smallest absolute Gasteiger partial charge is 0.256 e. The second kappa shape index (κ2) is 11.7. The number of pyridine rings is 1. The minimum Gasteiger partial charge on any atom is -0.496 e. The molecule has 1 amide bonds. The van der Waals surface area contributed by atoms with Crippen molar-refractivity contribution in [3.8, 4) is 5.75 Å². The molecule has 2 N–H and O–H groups in total. The molecule has 3 atom stereocenters. The van der Waals surface area contributed by atoms with E-state index in [9.17, 15) is 18.4 Å². The summed E-state index contributed by atoms with van der Waals surface area (Å²) >= 11 is 0. The highest BCUT2D eigenvalue weighted by Crippen LogP contribution is 2.38. The van der Waals surface area contributed by atoms with Crippen molar-refractivity contribution in [3.05, 3.63) is 63.2 Å². The first-order valence-electron chi connectivity index (χ1n) is 13.3. The SMILES string of the molecule is CCC1CC(C(C)n2c(C)c(C(=O)NCc3c(OC)cc(C)[nH]c3=O)c3ccccc32)CCN1CC(F)F. The highest BCUT2D eigenvalue weighted by molar-refractivity contribution is 6.08. The first kappa shape index (κ1) is 27.8. The summed E-state index contributed by atoms with van der Waals surface area (Å²) in [5.74, 6) is 0.475. The number of nitrogens with zero attached hydrogens (tertiary/aromatic N) is 2. The molecule has 0 spiro atoms. The Hall–Kier alpha value is -3.20. The Labute approximate surface area is 222 Å². The normalized spacial score (nSPS) is 19.2. The summed E-state index contributed by atoms with van der Waals surface area (Å²) in [5.41, 5.74) is 3.15. The Morgan fingerprint density at radius 2 is 2.00 bits per heavy atom.